The van der Waals surface area contributed by atoms with Gasteiger partial charge in [-0.1, -0.05) is 35.3 Å². The molecule has 1 aliphatic heterocycles. The van der Waals surface area contributed by atoms with Crippen molar-refractivity contribution in [3.8, 4) is 0 Å². The average Bonchev–Trinajstić information content (AvgIpc) is 2.61. The van der Waals surface area contributed by atoms with Crippen LogP contribution < -0.4 is 0 Å². The van der Waals surface area contributed by atoms with Gasteiger partial charge in [0.25, 0.3) is 5.91 Å². The molecular formula is C19H19Cl2N3O2. The monoisotopic (exact) mass is 391 g/mol. The molecule has 0 unspecified atom stereocenters. The highest BCUT2D eigenvalue weighted by Gasteiger charge is 2.41. The summed E-state index contributed by atoms with van der Waals surface area (Å²) < 4.78 is 0. The average molecular weight is 392 g/mol. The fourth-order valence-corrected chi connectivity index (χ4v) is 3.22. The van der Waals surface area contributed by atoms with Gasteiger partial charge >= 0.3 is 0 Å². The van der Waals surface area contributed by atoms with Crippen LogP contribution in [0, 0.1) is 0 Å². The minimum atomic E-state index is -0.772. The first-order valence-electron chi connectivity index (χ1n) is 8.32. The van der Waals surface area contributed by atoms with E-state index in [1.54, 1.807) is 34.1 Å². The summed E-state index contributed by atoms with van der Waals surface area (Å²) in [6, 6.07) is 9.76. The van der Waals surface area contributed by atoms with E-state index < -0.39 is 6.04 Å². The van der Waals surface area contributed by atoms with E-state index in [4.69, 9.17) is 23.2 Å². The van der Waals surface area contributed by atoms with Gasteiger partial charge in [0, 0.05) is 23.8 Å². The molecular weight excluding hydrogens is 373 g/mol. The molecule has 1 saturated heterocycles. The van der Waals surface area contributed by atoms with Crippen LogP contribution in [0.1, 0.15) is 31.1 Å². The molecule has 0 saturated carbocycles. The van der Waals surface area contributed by atoms with Gasteiger partial charge in [-0.25, -0.2) is 0 Å². The standard InChI is InChI=1S/C19H19Cl2N3O2/c1-12(2)23-11-17(25)24(10-13-3-5-14(20)6-4-13)18(19(23)26)16-8-7-15(21)9-22-16/h3-9,12,18H,10-11H2,1-2H3/t18-/m1/s1. The number of aromatic nitrogens is 1. The summed E-state index contributed by atoms with van der Waals surface area (Å²) in [5.41, 5.74) is 1.40. The summed E-state index contributed by atoms with van der Waals surface area (Å²) in [6.07, 6.45) is 1.49. The smallest absolute Gasteiger partial charge is 0.252 e. The van der Waals surface area contributed by atoms with Crippen molar-refractivity contribution < 1.29 is 9.59 Å². The lowest BCUT2D eigenvalue weighted by Gasteiger charge is -2.41. The molecule has 1 aromatic heterocycles. The summed E-state index contributed by atoms with van der Waals surface area (Å²) in [7, 11) is 0. The molecule has 2 heterocycles. The van der Waals surface area contributed by atoms with Crippen LogP contribution in [-0.4, -0.2) is 39.2 Å². The van der Waals surface area contributed by atoms with Gasteiger partial charge < -0.3 is 9.80 Å². The third kappa shape index (κ3) is 3.84. The number of benzene rings is 1. The van der Waals surface area contributed by atoms with E-state index in [9.17, 15) is 9.59 Å². The van der Waals surface area contributed by atoms with Crippen molar-refractivity contribution in [3.05, 3.63) is 63.9 Å². The number of carbonyl (C=O) groups excluding carboxylic acids is 2. The summed E-state index contributed by atoms with van der Waals surface area (Å²) in [5, 5.41) is 1.10. The first-order valence-corrected chi connectivity index (χ1v) is 9.08. The Morgan fingerprint density at radius 1 is 1.08 bits per heavy atom. The van der Waals surface area contributed by atoms with E-state index in [2.05, 4.69) is 4.98 Å². The van der Waals surface area contributed by atoms with Crippen molar-refractivity contribution in [1.29, 1.82) is 0 Å². The molecule has 7 heteroatoms. The summed E-state index contributed by atoms with van der Waals surface area (Å²) in [4.78, 5) is 33.4. The summed E-state index contributed by atoms with van der Waals surface area (Å²) in [6.45, 7) is 4.16. The van der Waals surface area contributed by atoms with E-state index in [0.717, 1.165) is 5.56 Å². The first-order chi connectivity index (χ1) is 12.4. The normalized spacial score (nSPS) is 18.0. The van der Waals surface area contributed by atoms with Crippen LogP contribution in [0.15, 0.2) is 42.6 Å². The van der Waals surface area contributed by atoms with Gasteiger partial charge in [-0.3, -0.25) is 14.6 Å². The maximum absolute atomic E-state index is 13.1. The molecule has 2 aromatic rings. The Morgan fingerprint density at radius 2 is 1.73 bits per heavy atom. The van der Waals surface area contributed by atoms with E-state index in [1.165, 1.54) is 6.20 Å². The largest absolute Gasteiger partial charge is 0.329 e. The maximum Gasteiger partial charge on any atom is 0.252 e. The lowest BCUT2D eigenvalue weighted by atomic mass is 10.0. The minimum absolute atomic E-state index is 0.0637. The Hall–Kier alpha value is -2.11. The molecule has 1 fully saturated rings. The predicted octanol–water partition coefficient (Wildman–Crippen LogP) is 3.71. The van der Waals surface area contributed by atoms with E-state index in [0.29, 0.717) is 22.3 Å². The van der Waals surface area contributed by atoms with Crippen molar-refractivity contribution in [2.75, 3.05) is 6.54 Å². The van der Waals surface area contributed by atoms with Crippen LogP contribution >= 0.6 is 23.2 Å². The minimum Gasteiger partial charge on any atom is -0.329 e. The van der Waals surface area contributed by atoms with Crippen LogP contribution in [0.5, 0.6) is 0 Å². The first kappa shape index (κ1) is 18.7. The number of hydrogen-bond donors (Lipinski definition) is 0. The van der Waals surface area contributed by atoms with Gasteiger partial charge in [0.15, 0.2) is 6.04 Å². The molecule has 1 atom stereocenters. The molecule has 136 valence electrons. The Morgan fingerprint density at radius 3 is 2.31 bits per heavy atom. The van der Waals surface area contributed by atoms with Crippen LogP contribution in [0.4, 0.5) is 0 Å². The Labute approximate surface area is 162 Å². The molecule has 0 radical (unpaired) electrons. The molecule has 5 nitrogen and oxygen atoms in total. The molecule has 0 aliphatic carbocycles. The van der Waals surface area contributed by atoms with Crippen molar-refractivity contribution >= 4 is 35.0 Å². The second-order valence-electron chi connectivity index (χ2n) is 6.51. The molecule has 3 rings (SSSR count). The lowest BCUT2D eigenvalue weighted by molar-refractivity contribution is -0.158. The number of piperazine rings is 1. The van der Waals surface area contributed by atoms with Crippen LogP contribution in [0.2, 0.25) is 10.0 Å². The van der Waals surface area contributed by atoms with Crippen LogP contribution in [0.3, 0.4) is 0 Å². The van der Waals surface area contributed by atoms with Gasteiger partial charge in [0.2, 0.25) is 5.91 Å². The molecule has 26 heavy (non-hydrogen) atoms. The van der Waals surface area contributed by atoms with E-state index >= 15 is 0 Å². The zero-order valence-corrected chi connectivity index (χ0v) is 16.0. The molecule has 0 spiro atoms. The molecule has 1 aromatic carbocycles. The Bertz CT molecular complexity index is 807. The number of hydrogen-bond acceptors (Lipinski definition) is 3. The van der Waals surface area contributed by atoms with Crippen LogP contribution in [-0.2, 0) is 16.1 Å². The van der Waals surface area contributed by atoms with E-state index in [-0.39, 0.29) is 24.4 Å². The summed E-state index contributed by atoms with van der Waals surface area (Å²) in [5.74, 6) is -0.251. The van der Waals surface area contributed by atoms with Crippen molar-refractivity contribution in [2.24, 2.45) is 0 Å². The molecule has 1 aliphatic rings. The van der Waals surface area contributed by atoms with Crippen LogP contribution in [0.25, 0.3) is 0 Å². The second kappa shape index (κ2) is 7.64. The highest BCUT2D eigenvalue weighted by Crippen LogP contribution is 2.29. The second-order valence-corrected chi connectivity index (χ2v) is 7.38. The van der Waals surface area contributed by atoms with Gasteiger partial charge in [0.1, 0.15) is 6.54 Å². The van der Waals surface area contributed by atoms with Gasteiger partial charge in [0.05, 0.1) is 10.7 Å². The van der Waals surface area contributed by atoms with E-state index in [1.807, 2.05) is 26.0 Å². The molecule has 0 bridgehead atoms. The number of amides is 2. The number of carbonyl (C=O) groups is 2. The number of pyridine rings is 1. The Balaban J connectivity index is 1.98. The lowest BCUT2D eigenvalue weighted by Crippen LogP contribution is -2.57. The zero-order valence-electron chi connectivity index (χ0n) is 14.5. The number of rotatable bonds is 4. The fraction of sp³-hybridized carbons (Fsp3) is 0.316. The molecule has 2 amide bonds. The topological polar surface area (TPSA) is 53.5 Å². The highest BCUT2D eigenvalue weighted by molar-refractivity contribution is 6.30. The SMILES string of the molecule is CC(C)N1CC(=O)N(Cc2ccc(Cl)cc2)[C@H](c2ccc(Cl)cn2)C1=O. The highest BCUT2D eigenvalue weighted by atomic mass is 35.5. The predicted molar refractivity (Wildman–Crippen MR) is 101 cm³/mol. The quantitative estimate of drug-likeness (QED) is 0.797. The Kier molecular flexibility index (Phi) is 5.49. The van der Waals surface area contributed by atoms with Gasteiger partial charge in [-0.05, 0) is 43.7 Å². The van der Waals surface area contributed by atoms with Crippen molar-refractivity contribution in [1.82, 2.24) is 14.8 Å². The summed E-state index contributed by atoms with van der Waals surface area (Å²) >= 11 is 11.9. The van der Waals surface area contributed by atoms with Gasteiger partial charge in [-0.2, -0.15) is 0 Å². The number of nitrogens with zero attached hydrogens (tertiary/aromatic N) is 3. The number of halogens is 2. The third-order valence-electron chi connectivity index (χ3n) is 4.37. The zero-order chi connectivity index (χ0) is 18.8. The van der Waals surface area contributed by atoms with Crippen molar-refractivity contribution in [2.45, 2.75) is 32.5 Å². The fourth-order valence-electron chi connectivity index (χ4n) is 2.99. The van der Waals surface area contributed by atoms with Gasteiger partial charge in [-0.15, -0.1) is 0 Å². The van der Waals surface area contributed by atoms with Crippen molar-refractivity contribution in [3.63, 3.8) is 0 Å². The third-order valence-corrected chi connectivity index (χ3v) is 4.85. The molecule has 0 N–H and O–H groups in total. The maximum atomic E-state index is 13.1.